The van der Waals surface area contributed by atoms with Gasteiger partial charge in [0.25, 0.3) is 0 Å². The lowest BCUT2D eigenvalue weighted by molar-refractivity contribution is 0.145. The summed E-state index contributed by atoms with van der Waals surface area (Å²) >= 11 is 0. The maximum absolute atomic E-state index is 11.7. The summed E-state index contributed by atoms with van der Waals surface area (Å²) in [7, 11) is -8.46. The molecule has 0 spiro atoms. The minimum absolute atomic E-state index is 0.318. The van der Waals surface area contributed by atoms with Crippen LogP contribution in [-0.4, -0.2) is 32.8 Å². The van der Waals surface area contributed by atoms with Gasteiger partial charge in [0.2, 0.25) is 0 Å². The predicted molar refractivity (Wildman–Crippen MR) is 112 cm³/mol. The van der Waals surface area contributed by atoms with Crippen LogP contribution < -0.4 is 0 Å². The molecule has 0 saturated heterocycles. The van der Waals surface area contributed by atoms with E-state index in [0.717, 1.165) is 25.7 Å². The van der Waals surface area contributed by atoms with Crippen molar-refractivity contribution in [1.29, 1.82) is 0 Å². The minimum atomic E-state index is -4.64. The Morgan fingerprint density at radius 2 is 0.786 bits per heavy atom. The molecule has 0 bridgehead atoms. The van der Waals surface area contributed by atoms with Gasteiger partial charge in [0.15, 0.2) is 0 Å². The van der Waals surface area contributed by atoms with Crippen LogP contribution in [0.15, 0.2) is 0 Å². The summed E-state index contributed by atoms with van der Waals surface area (Å²) in [5.74, 6) is 0. The molecule has 0 radical (unpaired) electrons. The Labute approximate surface area is 170 Å². The monoisotopic (exact) mass is 448 g/mol. The van der Waals surface area contributed by atoms with Crippen LogP contribution in [0.1, 0.15) is 104 Å². The van der Waals surface area contributed by atoms with Gasteiger partial charge in [-0.3, -0.25) is 9.05 Å². The maximum Gasteiger partial charge on any atom is 0.472 e. The highest BCUT2D eigenvalue weighted by Gasteiger charge is 2.19. The third-order valence-electron chi connectivity index (χ3n) is 4.00. The van der Waals surface area contributed by atoms with E-state index in [1.807, 2.05) is 0 Å². The number of hydrogen-bond acceptors (Lipinski definition) is 4. The number of hydrogen-bond donors (Lipinski definition) is 4. The van der Waals surface area contributed by atoms with E-state index in [4.69, 9.17) is 28.3 Å². The molecular formula is C18H42O8P2. The first-order valence-corrected chi connectivity index (χ1v) is 13.6. The molecule has 10 heteroatoms. The highest BCUT2D eigenvalue weighted by Crippen LogP contribution is 2.43. The highest BCUT2D eigenvalue weighted by molar-refractivity contribution is 7.47. The van der Waals surface area contributed by atoms with Gasteiger partial charge in [-0.05, 0) is 12.8 Å². The summed E-state index contributed by atoms with van der Waals surface area (Å²) in [6, 6.07) is 0. The van der Waals surface area contributed by atoms with Crippen molar-refractivity contribution in [3.05, 3.63) is 0 Å². The fourth-order valence-electron chi connectivity index (χ4n) is 2.52. The normalized spacial score (nSPS) is 11.9. The molecule has 0 aliphatic carbocycles. The van der Waals surface area contributed by atoms with Gasteiger partial charge in [-0.2, -0.15) is 0 Å². The first kappa shape index (κ1) is 30.4. The molecule has 8 nitrogen and oxygen atoms in total. The Balaban J connectivity index is 0. The van der Waals surface area contributed by atoms with Crippen LogP contribution in [0.25, 0.3) is 0 Å². The SMILES string of the molecule is CCCCCCCCCOP(=O)(O)OCCCCCCCCC.O=P(O)(O)O. The van der Waals surface area contributed by atoms with Crippen LogP contribution >= 0.6 is 15.6 Å². The Morgan fingerprint density at radius 3 is 1.07 bits per heavy atom. The summed E-state index contributed by atoms with van der Waals surface area (Å²) in [4.78, 5) is 31.1. The molecule has 0 aliphatic heterocycles. The number of phosphoric ester groups is 1. The summed E-state index contributed by atoms with van der Waals surface area (Å²) in [6.45, 7) is 5.05. The van der Waals surface area contributed by atoms with E-state index >= 15 is 0 Å². The van der Waals surface area contributed by atoms with E-state index in [2.05, 4.69) is 13.8 Å². The van der Waals surface area contributed by atoms with Crippen molar-refractivity contribution in [2.75, 3.05) is 13.2 Å². The topological polar surface area (TPSA) is 134 Å². The second-order valence-electron chi connectivity index (χ2n) is 6.89. The molecule has 0 aliphatic rings. The third kappa shape index (κ3) is 33.8. The standard InChI is InChI=1S/C18H39O4P.H3O4P/c1-3-5-7-9-11-13-15-17-21-23(19,20)22-18-16-14-12-10-8-6-4-2;1-5(2,3)4/h3-18H2,1-2H3,(H,19,20);(H3,1,2,3,4). The van der Waals surface area contributed by atoms with Crippen molar-refractivity contribution in [3.63, 3.8) is 0 Å². The number of phosphoric acid groups is 2. The lowest BCUT2D eigenvalue weighted by Crippen LogP contribution is -1.99. The molecule has 0 amide bonds. The predicted octanol–water partition coefficient (Wildman–Crippen LogP) is 5.69. The molecule has 0 aromatic carbocycles. The van der Waals surface area contributed by atoms with Crippen LogP contribution in [0.5, 0.6) is 0 Å². The molecule has 0 rings (SSSR count). The lowest BCUT2D eigenvalue weighted by atomic mass is 10.1. The Bertz CT molecular complexity index is 382. The Hall–Kier alpha value is 0.220. The zero-order valence-electron chi connectivity index (χ0n) is 17.6. The Kier molecular flexibility index (Phi) is 22.3. The fraction of sp³-hybridized carbons (Fsp3) is 1.00. The van der Waals surface area contributed by atoms with E-state index < -0.39 is 15.6 Å². The number of rotatable bonds is 18. The zero-order chi connectivity index (χ0) is 21.7. The van der Waals surface area contributed by atoms with E-state index in [-0.39, 0.29) is 0 Å². The van der Waals surface area contributed by atoms with E-state index in [1.165, 1.54) is 64.2 Å². The fourth-order valence-corrected chi connectivity index (χ4v) is 3.31. The van der Waals surface area contributed by atoms with Crippen LogP contribution in [0, 0.1) is 0 Å². The molecule has 4 N–H and O–H groups in total. The highest BCUT2D eigenvalue weighted by atomic mass is 31.2. The maximum atomic E-state index is 11.7. The smallest absolute Gasteiger partial charge is 0.303 e. The van der Waals surface area contributed by atoms with Gasteiger partial charge in [0.05, 0.1) is 13.2 Å². The Morgan fingerprint density at radius 1 is 0.536 bits per heavy atom. The molecule has 0 fully saturated rings. The van der Waals surface area contributed by atoms with Gasteiger partial charge >= 0.3 is 15.6 Å². The molecule has 28 heavy (non-hydrogen) atoms. The summed E-state index contributed by atoms with van der Waals surface area (Å²) in [5.41, 5.74) is 0. The molecule has 172 valence electrons. The van der Waals surface area contributed by atoms with Crippen molar-refractivity contribution in [2.24, 2.45) is 0 Å². The van der Waals surface area contributed by atoms with Gasteiger partial charge in [0, 0.05) is 0 Å². The molecular weight excluding hydrogens is 406 g/mol. The molecule has 0 aromatic rings. The number of unbranched alkanes of at least 4 members (excludes halogenated alkanes) is 12. The molecule has 0 saturated carbocycles. The molecule has 0 aromatic heterocycles. The van der Waals surface area contributed by atoms with E-state index in [1.54, 1.807) is 0 Å². The van der Waals surface area contributed by atoms with Gasteiger partial charge in [-0.15, -0.1) is 0 Å². The largest absolute Gasteiger partial charge is 0.472 e. The van der Waals surface area contributed by atoms with E-state index in [9.17, 15) is 9.46 Å². The van der Waals surface area contributed by atoms with Gasteiger partial charge in [-0.1, -0.05) is 90.9 Å². The molecule has 0 atom stereocenters. The van der Waals surface area contributed by atoms with Crippen LogP contribution in [0.3, 0.4) is 0 Å². The quantitative estimate of drug-likeness (QED) is 0.155. The van der Waals surface area contributed by atoms with Crippen molar-refractivity contribution < 1.29 is 37.8 Å². The van der Waals surface area contributed by atoms with Crippen LogP contribution in [0.4, 0.5) is 0 Å². The summed E-state index contributed by atoms with van der Waals surface area (Å²) in [6.07, 6.45) is 16.3. The first-order chi connectivity index (χ1) is 13.1. The van der Waals surface area contributed by atoms with Crippen molar-refractivity contribution in [3.8, 4) is 0 Å². The first-order valence-electron chi connectivity index (χ1n) is 10.5. The molecule has 0 heterocycles. The minimum Gasteiger partial charge on any atom is -0.303 e. The van der Waals surface area contributed by atoms with Crippen LogP contribution in [0.2, 0.25) is 0 Å². The van der Waals surface area contributed by atoms with E-state index in [0.29, 0.717) is 13.2 Å². The van der Waals surface area contributed by atoms with Gasteiger partial charge in [0.1, 0.15) is 0 Å². The zero-order valence-corrected chi connectivity index (χ0v) is 19.4. The summed E-state index contributed by atoms with van der Waals surface area (Å²) < 4.78 is 30.6. The average Bonchev–Trinajstić information content (AvgIpc) is 2.58. The van der Waals surface area contributed by atoms with Crippen molar-refractivity contribution in [2.45, 2.75) is 104 Å². The van der Waals surface area contributed by atoms with Crippen molar-refractivity contribution in [1.82, 2.24) is 0 Å². The second kappa shape index (κ2) is 20.5. The molecule has 0 unspecified atom stereocenters. The summed E-state index contributed by atoms with van der Waals surface area (Å²) in [5, 5.41) is 0. The lowest BCUT2D eigenvalue weighted by Gasteiger charge is -2.12. The second-order valence-corrected chi connectivity index (χ2v) is 9.37. The van der Waals surface area contributed by atoms with Gasteiger partial charge in [-0.25, -0.2) is 9.13 Å². The van der Waals surface area contributed by atoms with Crippen LogP contribution in [-0.2, 0) is 18.2 Å². The van der Waals surface area contributed by atoms with Crippen molar-refractivity contribution >= 4 is 15.6 Å². The van der Waals surface area contributed by atoms with Gasteiger partial charge < -0.3 is 19.6 Å². The third-order valence-corrected chi connectivity index (χ3v) is 5.02. The average molecular weight is 448 g/mol.